The fourth-order valence-electron chi connectivity index (χ4n) is 4.06. The number of furan rings is 1. The van der Waals surface area contributed by atoms with Gasteiger partial charge in [0.15, 0.2) is 0 Å². The first-order valence-electron chi connectivity index (χ1n) is 10.3. The zero-order valence-electron chi connectivity index (χ0n) is 16.8. The van der Waals surface area contributed by atoms with Crippen LogP contribution in [-0.2, 0) is 11.2 Å². The number of hydrogen-bond donors (Lipinski definition) is 1. The zero-order chi connectivity index (χ0) is 20.1. The second-order valence-electron chi connectivity index (χ2n) is 7.85. The van der Waals surface area contributed by atoms with Gasteiger partial charge in [0.2, 0.25) is 5.91 Å². The third-order valence-corrected chi connectivity index (χ3v) is 5.67. The van der Waals surface area contributed by atoms with Crippen molar-refractivity contribution in [2.45, 2.75) is 37.6 Å². The number of likely N-dealkylation sites (tertiary alicyclic amines) is 1. The number of anilines is 1. The summed E-state index contributed by atoms with van der Waals surface area (Å²) in [6.07, 6.45) is 6.65. The number of nitrogens with zero attached hydrogens (tertiary/aromatic N) is 3. The van der Waals surface area contributed by atoms with Crippen molar-refractivity contribution in [1.82, 2.24) is 14.7 Å². The van der Waals surface area contributed by atoms with Crippen LogP contribution in [0.1, 0.15) is 42.5 Å². The molecule has 1 aliphatic heterocycles. The normalized spacial score (nSPS) is 16.6. The Morgan fingerprint density at radius 3 is 2.69 bits per heavy atom. The number of carbonyl (C=O) groups is 1. The van der Waals surface area contributed by atoms with E-state index in [2.05, 4.69) is 34.5 Å². The Balaban J connectivity index is 1.43. The van der Waals surface area contributed by atoms with Crippen molar-refractivity contribution in [3.63, 3.8) is 0 Å². The van der Waals surface area contributed by atoms with Crippen LogP contribution in [-0.4, -0.2) is 40.7 Å². The Labute approximate surface area is 171 Å². The van der Waals surface area contributed by atoms with E-state index in [9.17, 15) is 4.79 Å². The zero-order valence-corrected chi connectivity index (χ0v) is 16.8. The molecule has 0 spiro atoms. The van der Waals surface area contributed by atoms with E-state index in [1.807, 2.05) is 41.1 Å². The molecule has 0 radical (unpaired) electrons. The molecule has 1 aromatic carbocycles. The Morgan fingerprint density at radius 1 is 1.17 bits per heavy atom. The van der Waals surface area contributed by atoms with Crippen LogP contribution >= 0.6 is 0 Å². The molecule has 0 saturated carbocycles. The van der Waals surface area contributed by atoms with Gasteiger partial charge in [-0.05, 0) is 57.1 Å². The lowest BCUT2D eigenvalue weighted by Crippen LogP contribution is -2.32. The molecule has 4 rings (SSSR count). The first-order chi connectivity index (χ1) is 14.2. The van der Waals surface area contributed by atoms with E-state index in [1.54, 1.807) is 12.5 Å². The van der Waals surface area contributed by atoms with E-state index in [4.69, 9.17) is 4.42 Å². The van der Waals surface area contributed by atoms with Crippen molar-refractivity contribution in [2.24, 2.45) is 0 Å². The molecule has 1 fully saturated rings. The summed E-state index contributed by atoms with van der Waals surface area (Å²) < 4.78 is 7.61. The van der Waals surface area contributed by atoms with E-state index in [0.29, 0.717) is 12.5 Å². The molecule has 1 atom stereocenters. The molecule has 2 aromatic heterocycles. The van der Waals surface area contributed by atoms with Crippen LogP contribution in [0.4, 0.5) is 5.82 Å². The number of carbonyl (C=O) groups excluding carboxylic acids is 1. The highest BCUT2D eigenvalue weighted by molar-refractivity contribution is 5.90. The standard InChI is InChI=1S/C23H28N4O2/c1-26-13-10-20(11-14-26)27-22(9-12-24-27)25-23(28)17-19(21-8-5-15-29-21)16-18-6-3-2-4-7-18/h2-9,12,15,19-20H,10-11,13-14,16-17H2,1H3,(H,25,28). The van der Waals surface area contributed by atoms with Gasteiger partial charge in [0.1, 0.15) is 11.6 Å². The maximum atomic E-state index is 12.9. The van der Waals surface area contributed by atoms with Gasteiger partial charge >= 0.3 is 0 Å². The topological polar surface area (TPSA) is 63.3 Å². The smallest absolute Gasteiger partial charge is 0.226 e. The summed E-state index contributed by atoms with van der Waals surface area (Å²) in [4.78, 5) is 15.2. The van der Waals surface area contributed by atoms with Gasteiger partial charge in [-0.25, -0.2) is 4.68 Å². The molecule has 1 saturated heterocycles. The highest BCUT2D eigenvalue weighted by Gasteiger charge is 2.23. The lowest BCUT2D eigenvalue weighted by atomic mass is 9.93. The van der Waals surface area contributed by atoms with Gasteiger partial charge < -0.3 is 14.6 Å². The third-order valence-electron chi connectivity index (χ3n) is 5.67. The molecular formula is C23H28N4O2. The number of amides is 1. The highest BCUT2D eigenvalue weighted by Crippen LogP contribution is 2.27. The maximum absolute atomic E-state index is 12.9. The SMILES string of the molecule is CN1CCC(n2nccc2NC(=O)CC(Cc2ccccc2)c2ccco2)CC1. The van der Waals surface area contributed by atoms with Crippen LogP contribution in [0.2, 0.25) is 0 Å². The van der Waals surface area contributed by atoms with Crippen molar-refractivity contribution in [2.75, 3.05) is 25.5 Å². The molecule has 0 aliphatic carbocycles. The number of hydrogen-bond acceptors (Lipinski definition) is 4. The fourth-order valence-corrected chi connectivity index (χ4v) is 4.06. The number of piperidine rings is 1. The first kappa shape index (κ1) is 19.5. The summed E-state index contributed by atoms with van der Waals surface area (Å²) in [6, 6.07) is 16.3. The molecule has 6 nitrogen and oxygen atoms in total. The van der Waals surface area contributed by atoms with E-state index >= 15 is 0 Å². The quantitative estimate of drug-likeness (QED) is 0.658. The average Bonchev–Trinajstić information content (AvgIpc) is 3.41. The van der Waals surface area contributed by atoms with Gasteiger partial charge in [-0.1, -0.05) is 30.3 Å². The predicted octanol–water partition coefficient (Wildman–Crippen LogP) is 4.10. The van der Waals surface area contributed by atoms with Gasteiger partial charge in [-0.3, -0.25) is 4.79 Å². The minimum absolute atomic E-state index is 0.00731. The molecule has 1 aliphatic rings. The van der Waals surface area contributed by atoms with E-state index in [1.165, 1.54) is 5.56 Å². The van der Waals surface area contributed by atoms with Crippen molar-refractivity contribution < 1.29 is 9.21 Å². The maximum Gasteiger partial charge on any atom is 0.226 e. The second kappa shape index (κ2) is 9.09. The van der Waals surface area contributed by atoms with E-state index < -0.39 is 0 Å². The monoisotopic (exact) mass is 392 g/mol. The summed E-state index contributed by atoms with van der Waals surface area (Å²) >= 11 is 0. The van der Waals surface area contributed by atoms with Crippen LogP contribution in [0.3, 0.4) is 0 Å². The summed E-state index contributed by atoms with van der Waals surface area (Å²) in [6.45, 7) is 2.10. The highest BCUT2D eigenvalue weighted by atomic mass is 16.3. The molecular weight excluding hydrogens is 364 g/mol. The molecule has 3 aromatic rings. The van der Waals surface area contributed by atoms with E-state index in [0.717, 1.165) is 43.9 Å². The summed E-state index contributed by atoms with van der Waals surface area (Å²) in [5.74, 6) is 1.60. The molecule has 0 bridgehead atoms. The number of rotatable bonds is 7. The minimum Gasteiger partial charge on any atom is -0.469 e. The van der Waals surface area contributed by atoms with Crippen molar-refractivity contribution >= 4 is 11.7 Å². The minimum atomic E-state index is -0.0167. The van der Waals surface area contributed by atoms with Gasteiger partial charge in [0.05, 0.1) is 18.5 Å². The molecule has 1 N–H and O–H groups in total. The van der Waals surface area contributed by atoms with Crippen LogP contribution in [0.15, 0.2) is 65.4 Å². The number of nitrogens with one attached hydrogen (secondary N) is 1. The fraction of sp³-hybridized carbons (Fsp3) is 0.391. The summed E-state index contributed by atoms with van der Waals surface area (Å²) in [5, 5.41) is 7.56. The summed E-state index contributed by atoms with van der Waals surface area (Å²) in [5.41, 5.74) is 1.19. The van der Waals surface area contributed by atoms with Gasteiger partial charge in [0.25, 0.3) is 0 Å². The molecule has 152 valence electrons. The van der Waals surface area contributed by atoms with Gasteiger partial charge in [0, 0.05) is 18.4 Å². The van der Waals surface area contributed by atoms with Gasteiger partial charge in [-0.2, -0.15) is 5.10 Å². The summed E-state index contributed by atoms with van der Waals surface area (Å²) in [7, 11) is 2.14. The first-order valence-corrected chi connectivity index (χ1v) is 10.3. The Kier molecular flexibility index (Phi) is 6.10. The van der Waals surface area contributed by atoms with Crippen molar-refractivity contribution in [3.8, 4) is 0 Å². The number of benzene rings is 1. The Hall–Kier alpha value is -2.86. The Bertz CT molecular complexity index is 896. The molecule has 3 heterocycles. The second-order valence-corrected chi connectivity index (χ2v) is 7.85. The van der Waals surface area contributed by atoms with Crippen LogP contribution in [0.25, 0.3) is 0 Å². The number of aromatic nitrogens is 2. The Morgan fingerprint density at radius 2 is 1.97 bits per heavy atom. The van der Waals surface area contributed by atoms with Crippen molar-refractivity contribution in [1.29, 1.82) is 0 Å². The molecule has 29 heavy (non-hydrogen) atoms. The van der Waals surface area contributed by atoms with E-state index in [-0.39, 0.29) is 11.8 Å². The average molecular weight is 393 g/mol. The lowest BCUT2D eigenvalue weighted by Gasteiger charge is -2.30. The van der Waals surface area contributed by atoms with Crippen molar-refractivity contribution in [3.05, 3.63) is 72.3 Å². The van der Waals surface area contributed by atoms with Crippen LogP contribution in [0, 0.1) is 0 Å². The lowest BCUT2D eigenvalue weighted by molar-refractivity contribution is -0.116. The van der Waals surface area contributed by atoms with Crippen LogP contribution < -0.4 is 5.32 Å². The predicted molar refractivity (Wildman–Crippen MR) is 113 cm³/mol. The van der Waals surface area contributed by atoms with Gasteiger partial charge in [-0.15, -0.1) is 0 Å². The molecule has 6 heteroatoms. The molecule has 1 amide bonds. The van der Waals surface area contributed by atoms with Crippen LogP contribution in [0.5, 0.6) is 0 Å². The largest absolute Gasteiger partial charge is 0.469 e. The molecule has 1 unspecified atom stereocenters. The third kappa shape index (κ3) is 4.95.